The Balaban J connectivity index is 3.18. The first-order chi connectivity index (χ1) is 8.66. The zero-order valence-electron chi connectivity index (χ0n) is 10.8. The lowest BCUT2D eigenvalue weighted by Crippen LogP contribution is -2.44. The Morgan fingerprint density at radius 3 is 2.42 bits per heavy atom. The molecule has 0 aliphatic heterocycles. The van der Waals surface area contributed by atoms with Crippen molar-refractivity contribution in [2.75, 3.05) is 0 Å². The molecule has 1 aromatic carbocycles. The molecule has 106 valence electrons. The standard InChI is InChI=1S/C12H16FNO4S/c1-7(2)11(12(15)16)14-19(17,18)9-6-4-5-8(3)10(9)13/h4-7,11,14H,1-3H3,(H,15,16). The van der Waals surface area contributed by atoms with Gasteiger partial charge in [0.15, 0.2) is 0 Å². The first kappa shape index (κ1) is 15.6. The molecule has 1 unspecified atom stereocenters. The Kier molecular flexibility index (Phi) is 4.65. The van der Waals surface area contributed by atoms with Crippen molar-refractivity contribution in [2.45, 2.75) is 31.7 Å². The molecule has 1 aromatic rings. The van der Waals surface area contributed by atoms with E-state index in [1.165, 1.54) is 19.1 Å². The Morgan fingerprint density at radius 1 is 1.37 bits per heavy atom. The van der Waals surface area contributed by atoms with Gasteiger partial charge in [-0.1, -0.05) is 26.0 Å². The number of carboxylic acid groups (broad SMARTS) is 1. The Labute approximate surface area is 111 Å². The molecular formula is C12H16FNO4S. The van der Waals surface area contributed by atoms with Crippen LogP contribution in [0.25, 0.3) is 0 Å². The molecule has 0 amide bonds. The van der Waals surface area contributed by atoms with Gasteiger partial charge in [0.25, 0.3) is 0 Å². The molecule has 0 aromatic heterocycles. The molecule has 0 aliphatic carbocycles. The second kappa shape index (κ2) is 5.66. The number of carboxylic acids is 1. The molecule has 0 heterocycles. The molecule has 1 atom stereocenters. The van der Waals surface area contributed by atoms with Gasteiger partial charge in [-0.05, 0) is 24.5 Å². The average Bonchev–Trinajstić information content (AvgIpc) is 2.28. The van der Waals surface area contributed by atoms with Crippen LogP contribution in [0, 0.1) is 18.7 Å². The number of hydrogen-bond donors (Lipinski definition) is 2. The summed E-state index contributed by atoms with van der Waals surface area (Å²) in [6.45, 7) is 4.56. The van der Waals surface area contributed by atoms with Crippen molar-refractivity contribution in [2.24, 2.45) is 5.92 Å². The maximum atomic E-state index is 13.8. The lowest BCUT2D eigenvalue weighted by atomic mass is 10.1. The summed E-state index contributed by atoms with van der Waals surface area (Å²) in [5, 5.41) is 8.96. The summed E-state index contributed by atoms with van der Waals surface area (Å²) < 4.78 is 39.8. The quantitative estimate of drug-likeness (QED) is 0.861. The molecule has 1 rings (SSSR count). The molecule has 0 saturated heterocycles. The van der Waals surface area contributed by atoms with E-state index in [-0.39, 0.29) is 5.56 Å². The van der Waals surface area contributed by atoms with Gasteiger partial charge in [-0.25, -0.2) is 12.8 Å². The number of aliphatic carboxylic acids is 1. The molecule has 19 heavy (non-hydrogen) atoms. The fourth-order valence-electron chi connectivity index (χ4n) is 1.53. The summed E-state index contributed by atoms with van der Waals surface area (Å²) in [6.07, 6.45) is 0. The van der Waals surface area contributed by atoms with Gasteiger partial charge < -0.3 is 5.11 Å². The highest BCUT2D eigenvalue weighted by Crippen LogP contribution is 2.18. The molecule has 0 saturated carbocycles. The predicted octanol–water partition coefficient (Wildman–Crippen LogP) is 1.52. The van der Waals surface area contributed by atoms with Crippen molar-refractivity contribution in [1.29, 1.82) is 0 Å². The number of sulfonamides is 1. The SMILES string of the molecule is Cc1cccc(S(=O)(=O)NC(C(=O)O)C(C)C)c1F. The van der Waals surface area contributed by atoms with E-state index in [1.54, 1.807) is 13.8 Å². The number of aryl methyl sites for hydroxylation is 1. The third kappa shape index (κ3) is 3.51. The lowest BCUT2D eigenvalue weighted by molar-refractivity contribution is -0.140. The zero-order valence-corrected chi connectivity index (χ0v) is 11.7. The van der Waals surface area contributed by atoms with Crippen LogP contribution in [0.15, 0.2) is 23.1 Å². The Hall–Kier alpha value is -1.47. The number of halogens is 1. The number of carbonyl (C=O) groups is 1. The Bertz CT molecular complexity index is 583. The van der Waals surface area contributed by atoms with E-state index in [0.717, 1.165) is 6.07 Å². The third-order valence-electron chi connectivity index (χ3n) is 2.66. The van der Waals surface area contributed by atoms with Crippen molar-refractivity contribution in [3.8, 4) is 0 Å². The first-order valence-corrected chi connectivity index (χ1v) is 7.15. The molecule has 0 fully saturated rings. The van der Waals surface area contributed by atoms with Crippen LogP contribution < -0.4 is 4.72 Å². The summed E-state index contributed by atoms with van der Waals surface area (Å²) >= 11 is 0. The van der Waals surface area contributed by atoms with Crippen molar-refractivity contribution in [1.82, 2.24) is 4.72 Å². The predicted molar refractivity (Wildman–Crippen MR) is 67.7 cm³/mol. The van der Waals surface area contributed by atoms with E-state index in [0.29, 0.717) is 0 Å². The molecule has 2 N–H and O–H groups in total. The minimum absolute atomic E-state index is 0.180. The molecule has 5 nitrogen and oxygen atoms in total. The van der Waals surface area contributed by atoms with Crippen LogP contribution in [0.1, 0.15) is 19.4 Å². The maximum absolute atomic E-state index is 13.8. The van der Waals surface area contributed by atoms with Crippen LogP contribution in [0.4, 0.5) is 4.39 Å². The van der Waals surface area contributed by atoms with Crippen LogP contribution in [0.5, 0.6) is 0 Å². The fraction of sp³-hybridized carbons (Fsp3) is 0.417. The molecule has 0 radical (unpaired) electrons. The largest absolute Gasteiger partial charge is 0.480 e. The first-order valence-electron chi connectivity index (χ1n) is 5.67. The van der Waals surface area contributed by atoms with Gasteiger partial charge >= 0.3 is 5.97 Å². The average molecular weight is 289 g/mol. The van der Waals surface area contributed by atoms with Crippen molar-refractivity contribution in [3.63, 3.8) is 0 Å². The molecular weight excluding hydrogens is 273 g/mol. The van der Waals surface area contributed by atoms with Crippen LogP contribution in [0.2, 0.25) is 0 Å². The zero-order chi connectivity index (χ0) is 14.8. The second-order valence-electron chi connectivity index (χ2n) is 4.57. The highest BCUT2D eigenvalue weighted by atomic mass is 32.2. The van der Waals surface area contributed by atoms with Crippen molar-refractivity contribution >= 4 is 16.0 Å². The number of hydrogen-bond acceptors (Lipinski definition) is 3. The summed E-state index contributed by atoms with van der Waals surface area (Å²) in [7, 11) is -4.21. The van der Waals surface area contributed by atoms with Crippen LogP contribution in [-0.4, -0.2) is 25.5 Å². The van der Waals surface area contributed by atoms with Gasteiger partial charge in [0.2, 0.25) is 10.0 Å². The molecule has 7 heteroatoms. The number of benzene rings is 1. The minimum Gasteiger partial charge on any atom is -0.480 e. The topological polar surface area (TPSA) is 83.5 Å². The fourth-order valence-corrected chi connectivity index (χ4v) is 3.02. The highest BCUT2D eigenvalue weighted by Gasteiger charge is 2.29. The van der Waals surface area contributed by atoms with E-state index >= 15 is 0 Å². The van der Waals surface area contributed by atoms with Gasteiger partial charge in [-0.15, -0.1) is 0 Å². The van der Waals surface area contributed by atoms with E-state index in [4.69, 9.17) is 5.11 Å². The summed E-state index contributed by atoms with van der Waals surface area (Å²) in [6, 6.07) is 2.64. The van der Waals surface area contributed by atoms with Gasteiger partial charge in [0.1, 0.15) is 16.8 Å². The monoisotopic (exact) mass is 289 g/mol. The highest BCUT2D eigenvalue weighted by molar-refractivity contribution is 7.89. The maximum Gasteiger partial charge on any atom is 0.322 e. The van der Waals surface area contributed by atoms with Gasteiger partial charge in [-0.3, -0.25) is 4.79 Å². The smallest absolute Gasteiger partial charge is 0.322 e. The summed E-state index contributed by atoms with van der Waals surface area (Å²) in [5.41, 5.74) is 0.180. The van der Waals surface area contributed by atoms with E-state index in [2.05, 4.69) is 0 Å². The van der Waals surface area contributed by atoms with Gasteiger partial charge in [0, 0.05) is 0 Å². The van der Waals surface area contributed by atoms with E-state index < -0.39 is 38.7 Å². The third-order valence-corrected chi connectivity index (χ3v) is 4.12. The van der Waals surface area contributed by atoms with Crippen LogP contribution in [-0.2, 0) is 14.8 Å². The summed E-state index contributed by atoms with van der Waals surface area (Å²) in [5.74, 6) is -2.63. The van der Waals surface area contributed by atoms with E-state index in [9.17, 15) is 17.6 Å². The molecule has 0 spiro atoms. The number of rotatable bonds is 5. The van der Waals surface area contributed by atoms with Crippen molar-refractivity contribution < 1.29 is 22.7 Å². The Morgan fingerprint density at radius 2 is 1.95 bits per heavy atom. The van der Waals surface area contributed by atoms with Crippen LogP contribution >= 0.6 is 0 Å². The van der Waals surface area contributed by atoms with Crippen molar-refractivity contribution in [3.05, 3.63) is 29.6 Å². The molecule has 0 bridgehead atoms. The second-order valence-corrected chi connectivity index (χ2v) is 6.25. The summed E-state index contributed by atoms with van der Waals surface area (Å²) in [4.78, 5) is 10.4. The minimum atomic E-state index is -4.21. The van der Waals surface area contributed by atoms with Crippen LogP contribution in [0.3, 0.4) is 0 Å². The van der Waals surface area contributed by atoms with Gasteiger partial charge in [-0.2, -0.15) is 4.72 Å². The van der Waals surface area contributed by atoms with E-state index in [1.807, 2.05) is 4.72 Å². The van der Waals surface area contributed by atoms with Gasteiger partial charge in [0.05, 0.1) is 0 Å². The molecule has 0 aliphatic rings. The normalized spacial score (nSPS) is 13.5. The lowest BCUT2D eigenvalue weighted by Gasteiger charge is -2.18. The number of nitrogens with one attached hydrogen (secondary N) is 1.